The van der Waals surface area contributed by atoms with Crippen molar-refractivity contribution in [2.24, 2.45) is 0 Å². The summed E-state index contributed by atoms with van der Waals surface area (Å²) in [6.07, 6.45) is 1.59. The predicted octanol–water partition coefficient (Wildman–Crippen LogP) is 2.00. The van der Waals surface area contributed by atoms with Crippen LogP contribution in [0.3, 0.4) is 0 Å². The summed E-state index contributed by atoms with van der Waals surface area (Å²) >= 11 is 5.06. The molecule has 0 spiro atoms. The number of hydrogen-bond donors (Lipinski definition) is 0. The Bertz CT molecular complexity index is 363. The predicted molar refractivity (Wildman–Crippen MR) is 60.9 cm³/mol. The molecule has 0 saturated carbocycles. The van der Waals surface area contributed by atoms with Gasteiger partial charge in [0.2, 0.25) is 0 Å². The van der Waals surface area contributed by atoms with Crippen LogP contribution in [0.25, 0.3) is 0 Å². The SMILES string of the molecule is CC(C)(C)OC(=O)[As]c1ccnc(Cl)c1. The van der Waals surface area contributed by atoms with Crippen LogP contribution >= 0.6 is 11.6 Å². The Morgan fingerprint density at radius 3 is 2.73 bits per heavy atom. The quantitative estimate of drug-likeness (QED) is 0.617. The van der Waals surface area contributed by atoms with Crippen LogP contribution in [0, 0.1) is 0 Å². The zero-order valence-corrected chi connectivity index (χ0v) is 11.5. The molecule has 3 nitrogen and oxygen atoms in total. The van der Waals surface area contributed by atoms with E-state index in [9.17, 15) is 4.79 Å². The van der Waals surface area contributed by atoms with E-state index in [0.29, 0.717) is 5.15 Å². The van der Waals surface area contributed by atoms with Gasteiger partial charge in [-0.2, -0.15) is 0 Å². The Kier molecular flexibility index (Phi) is 4.18. The molecule has 0 fully saturated rings. The molecule has 0 bridgehead atoms. The van der Waals surface area contributed by atoms with Crippen molar-refractivity contribution in [1.29, 1.82) is 0 Å². The molecule has 81 valence electrons. The van der Waals surface area contributed by atoms with E-state index in [-0.39, 0.29) is 4.76 Å². The van der Waals surface area contributed by atoms with E-state index >= 15 is 0 Å². The van der Waals surface area contributed by atoms with Crippen molar-refractivity contribution in [2.45, 2.75) is 26.4 Å². The monoisotopic (exact) mass is 288 g/mol. The van der Waals surface area contributed by atoms with E-state index in [1.807, 2.05) is 20.8 Å². The Hall–Kier alpha value is -0.532. The second-order valence-electron chi connectivity index (χ2n) is 3.93. The molecule has 0 atom stereocenters. The van der Waals surface area contributed by atoms with Crippen molar-refractivity contribution in [3.05, 3.63) is 23.5 Å². The molecule has 0 aliphatic carbocycles. The first-order chi connectivity index (χ1) is 6.87. The van der Waals surface area contributed by atoms with Crippen LogP contribution in [-0.4, -0.2) is 31.1 Å². The Morgan fingerprint density at radius 1 is 1.53 bits per heavy atom. The van der Waals surface area contributed by atoms with Gasteiger partial charge in [0.05, 0.1) is 0 Å². The van der Waals surface area contributed by atoms with Crippen LogP contribution in [0.2, 0.25) is 5.15 Å². The molecule has 0 aliphatic rings. The number of hydrogen-bond acceptors (Lipinski definition) is 3. The van der Waals surface area contributed by atoms with Gasteiger partial charge in [0.15, 0.2) is 0 Å². The number of aromatic nitrogens is 1. The summed E-state index contributed by atoms with van der Waals surface area (Å²) in [5.41, 5.74) is -0.427. The van der Waals surface area contributed by atoms with Crippen molar-refractivity contribution < 1.29 is 9.53 Å². The average Bonchev–Trinajstić information content (AvgIpc) is 1.99. The van der Waals surface area contributed by atoms with Gasteiger partial charge in [-0.1, -0.05) is 0 Å². The molecule has 0 N–H and O–H groups in total. The molecule has 1 rings (SSSR count). The molecule has 0 amide bonds. The van der Waals surface area contributed by atoms with Crippen molar-refractivity contribution in [2.75, 3.05) is 0 Å². The summed E-state index contributed by atoms with van der Waals surface area (Å²) in [6.45, 7) is 5.56. The van der Waals surface area contributed by atoms with E-state index in [0.717, 1.165) is 4.35 Å². The van der Waals surface area contributed by atoms with E-state index < -0.39 is 21.4 Å². The second kappa shape index (κ2) is 5.00. The molecular formula is C10H12AsClNO2. The Balaban J connectivity index is 2.59. The summed E-state index contributed by atoms with van der Waals surface area (Å²) in [6, 6.07) is 3.49. The first-order valence-electron chi connectivity index (χ1n) is 4.43. The van der Waals surface area contributed by atoms with Gasteiger partial charge in [0.1, 0.15) is 0 Å². The molecule has 15 heavy (non-hydrogen) atoms. The van der Waals surface area contributed by atoms with Crippen molar-refractivity contribution in [3.63, 3.8) is 0 Å². The normalized spacial score (nSPS) is 12.0. The molecule has 5 heteroatoms. The van der Waals surface area contributed by atoms with Crippen molar-refractivity contribution in [3.8, 4) is 0 Å². The Labute approximate surface area is 101 Å². The zero-order chi connectivity index (χ0) is 11.5. The summed E-state index contributed by atoms with van der Waals surface area (Å²) in [5.74, 6) is 0. The fourth-order valence-electron chi connectivity index (χ4n) is 0.852. The number of halogens is 1. The van der Waals surface area contributed by atoms with E-state index in [2.05, 4.69) is 4.98 Å². The third-order valence-electron chi connectivity index (χ3n) is 1.32. The third-order valence-corrected chi connectivity index (χ3v) is 3.23. The van der Waals surface area contributed by atoms with Gasteiger partial charge in [-0.15, -0.1) is 0 Å². The Morgan fingerprint density at radius 2 is 2.20 bits per heavy atom. The fourth-order valence-corrected chi connectivity index (χ4v) is 2.99. The topological polar surface area (TPSA) is 39.2 Å². The van der Waals surface area contributed by atoms with Crippen LogP contribution in [-0.2, 0) is 4.74 Å². The molecule has 0 saturated heterocycles. The number of pyridine rings is 1. The first kappa shape index (κ1) is 12.5. The summed E-state index contributed by atoms with van der Waals surface area (Å²) in [5, 5.41) is 0.409. The molecule has 1 radical (unpaired) electrons. The van der Waals surface area contributed by atoms with Gasteiger partial charge < -0.3 is 0 Å². The second-order valence-corrected chi connectivity index (χ2v) is 6.63. The fraction of sp³-hybridized carbons (Fsp3) is 0.400. The summed E-state index contributed by atoms with van der Waals surface area (Å²) < 4.78 is 5.96. The summed E-state index contributed by atoms with van der Waals surface area (Å²) in [7, 11) is 0. The third kappa shape index (κ3) is 5.19. The molecule has 1 aromatic heterocycles. The van der Waals surface area contributed by atoms with Crippen molar-refractivity contribution in [1.82, 2.24) is 4.98 Å². The standard InChI is InChI=1S/C10H12AsClNO2/c1-10(2,3)15-9(14)11-7-4-5-13-8(12)6-7/h4-6H,1-3H3. The van der Waals surface area contributed by atoms with E-state index in [1.165, 1.54) is 0 Å². The maximum atomic E-state index is 11.5. The molecule has 0 unspecified atom stereocenters. The molecule has 0 aliphatic heterocycles. The van der Waals surface area contributed by atoms with Gasteiger partial charge in [-0.3, -0.25) is 0 Å². The van der Waals surface area contributed by atoms with Gasteiger partial charge in [0.25, 0.3) is 0 Å². The van der Waals surface area contributed by atoms with Gasteiger partial charge in [0, 0.05) is 0 Å². The first-order valence-corrected chi connectivity index (χ1v) is 6.68. The number of rotatable bonds is 2. The van der Waals surface area contributed by atoms with Crippen LogP contribution in [0.5, 0.6) is 0 Å². The minimum atomic E-state index is -0.653. The number of nitrogens with zero attached hydrogens (tertiary/aromatic N) is 1. The maximum absolute atomic E-state index is 11.5. The molecule has 0 aromatic carbocycles. The minimum absolute atomic E-state index is 0.166. The molecule has 1 heterocycles. The van der Waals surface area contributed by atoms with Crippen LogP contribution in [0.4, 0.5) is 4.79 Å². The summed E-state index contributed by atoms with van der Waals surface area (Å²) in [4.78, 5) is 15.3. The van der Waals surface area contributed by atoms with Crippen LogP contribution in [0.1, 0.15) is 20.8 Å². The number of ether oxygens (including phenoxy) is 1. The van der Waals surface area contributed by atoms with Crippen molar-refractivity contribution >= 4 is 36.5 Å². The number of carbonyl (C=O) groups is 1. The number of carbonyl (C=O) groups excluding carboxylic acids is 1. The average molecular weight is 289 g/mol. The molecular weight excluding hydrogens is 276 g/mol. The van der Waals surface area contributed by atoms with E-state index in [1.54, 1.807) is 18.3 Å². The zero-order valence-electron chi connectivity index (χ0n) is 8.82. The van der Waals surface area contributed by atoms with Gasteiger partial charge in [-0.25, -0.2) is 0 Å². The van der Waals surface area contributed by atoms with E-state index in [4.69, 9.17) is 16.3 Å². The van der Waals surface area contributed by atoms with Gasteiger partial charge >= 0.3 is 101 Å². The van der Waals surface area contributed by atoms with Crippen LogP contribution < -0.4 is 4.35 Å². The van der Waals surface area contributed by atoms with Crippen LogP contribution in [0.15, 0.2) is 18.3 Å². The van der Waals surface area contributed by atoms with Gasteiger partial charge in [-0.05, 0) is 0 Å². The molecule has 1 aromatic rings.